The van der Waals surface area contributed by atoms with Crippen molar-refractivity contribution in [3.05, 3.63) is 101 Å². The highest BCUT2D eigenvalue weighted by molar-refractivity contribution is 6.05. The Morgan fingerprint density at radius 1 is 0.941 bits per heavy atom. The summed E-state index contributed by atoms with van der Waals surface area (Å²) in [5, 5.41) is 3.64. The van der Waals surface area contributed by atoms with E-state index in [0.717, 1.165) is 28.6 Å². The van der Waals surface area contributed by atoms with E-state index in [1.165, 1.54) is 12.1 Å². The van der Waals surface area contributed by atoms with Crippen molar-refractivity contribution in [1.82, 2.24) is 9.88 Å². The van der Waals surface area contributed by atoms with Crippen molar-refractivity contribution in [3.8, 4) is 0 Å². The number of benzene rings is 3. The minimum Gasteiger partial charge on any atom is -0.361 e. The Morgan fingerprint density at radius 3 is 2.35 bits per heavy atom. The van der Waals surface area contributed by atoms with Gasteiger partial charge >= 0.3 is 6.18 Å². The number of fused-ring (bicyclic) bond motifs is 2. The molecule has 0 fully saturated rings. The van der Waals surface area contributed by atoms with Gasteiger partial charge in [-0.3, -0.25) is 9.59 Å². The molecule has 4 aromatic rings. The summed E-state index contributed by atoms with van der Waals surface area (Å²) in [6.07, 6.45) is -2.67. The largest absolute Gasteiger partial charge is 0.416 e. The van der Waals surface area contributed by atoms with Crippen molar-refractivity contribution in [3.63, 3.8) is 0 Å². The van der Waals surface area contributed by atoms with Crippen molar-refractivity contribution in [1.29, 1.82) is 0 Å². The molecule has 5 rings (SSSR count). The topological polar surface area (TPSA) is 65.2 Å². The lowest BCUT2D eigenvalue weighted by molar-refractivity contribution is -0.137. The van der Waals surface area contributed by atoms with Crippen LogP contribution >= 0.6 is 0 Å². The maximum absolute atomic E-state index is 13.6. The highest BCUT2D eigenvalue weighted by Crippen LogP contribution is 2.44. The number of amides is 2. The Morgan fingerprint density at radius 2 is 1.62 bits per heavy atom. The van der Waals surface area contributed by atoms with Gasteiger partial charge in [0.05, 0.1) is 17.5 Å². The van der Waals surface area contributed by atoms with Crippen molar-refractivity contribution in [2.45, 2.75) is 18.1 Å². The summed E-state index contributed by atoms with van der Waals surface area (Å²) in [5.41, 5.74) is 2.11. The first-order valence-corrected chi connectivity index (χ1v) is 10.7. The van der Waals surface area contributed by atoms with Crippen LogP contribution in [0.1, 0.15) is 39.0 Å². The normalized spacial score (nSPS) is 18.1. The van der Waals surface area contributed by atoms with Crippen LogP contribution in [0.5, 0.6) is 0 Å². The summed E-state index contributed by atoms with van der Waals surface area (Å²) >= 11 is 0. The Bertz CT molecular complexity index is 1390. The van der Waals surface area contributed by atoms with E-state index in [4.69, 9.17) is 0 Å². The average molecular weight is 463 g/mol. The number of nitrogens with one attached hydrogen (secondary N) is 2. The summed E-state index contributed by atoms with van der Waals surface area (Å²) in [6.45, 7) is 0. The molecule has 172 valence electrons. The molecule has 0 saturated heterocycles. The number of carbonyl (C=O) groups excluding carboxylic acids is 2. The first-order chi connectivity index (χ1) is 16.3. The summed E-state index contributed by atoms with van der Waals surface area (Å²) in [6, 6.07) is 18.2. The lowest BCUT2D eigenvalue weighted by Crippen LogP contribution is -2.44. The van der Waals surface area contributed by atoms with Crippen LogP contribution in [-0.2, 0) is 11.0 Å². The number of aromatic nitrogens is 1. The lowest BCUT2D eigenvalue weighted by Gasteiger charge is -2.39. The third-order valence-electron chi connectivity index (χ3n) is 6.28. The van der Waals surface area contributed by atoms with Crippen LogP contribution in [0.2, 0.25) is 0 Å². The molecule has 0 spiro atoms. The molecule has 2 N–H and O–H groups in total. The summed E-state index contributed by atoms with van der Waals surface area (Å²) in [4.78, 5) is 31.6. The van der Waals surface area contributed by atoms with E-state index in [1.54, 1.807) is 42.4 Å². The fraction of sp³-hybridized carbons (Fsp3) is 0.154. The molecule has 34 heavy (non-hydrogen) atoms. The second-order valence-corrected chi connectivity index (χ2v) is 8.28. The lowest BCUT2D eigenvalue weighted by atomic mass is 9.79. The number of hydrogen-bond donors (Lipinski definition) is 2. The van der Waals surface area contributed by atoms with Gasteiger partial charge in [-0.15, -0.1) is 0 Å². The molecule has 2 amide bonds. The number of aromatic amines is 1. The SMILES string of the molecule is CN1C(=O)c2ccccc2[C@H](C(=O)Nc2ccc(C(F)(F)F)cc2)[C@H]1c1c[nH]c2ccccc12. The number of likely N-dealkylation sites (N-methyl/N-ethyl adjacent to an activating group) is 1. The molecule has 0 bridgehead atoms. The molecule has 0 saturated carbocycles. The van der Waals surface area contributed by atoms with E-state index in [9.17, 15) is 22.8 Å². The second-order valence-electron chi connectivity index (χ2n) is 8.28. The molecular formula is C26H20F3N3O2. The van der Waals surface area contributed by atoms with Gasteiger partial charge in [0.15, 0.2) is 0 Å². The van der Waals surface area contributed by atoms with Crippen molar-refractivity contribution >= 4 is 28.4 Å². The van der Waals surface area contributed by atoms with Gasteiger partial charge in [-0.05, 0) is 42.0 Å². The van der Waals surface area contributed by atoms with Crippen LogP contribution in [0.4, 0.5) is 18.9 Å². The van der Waals surface area contributed by atoms with E-state index in [1.807, 2.05) is 24.3 Å². The van der Waals surface area contributed by atoms with E-state index in [2.05, 4.69) is 10.3 Å². The molecule has 5 nitrogen and oxygen atoms in total. The number of anilines is 1. The van der Waals surface area contributed by atoms with Crippen LogP contribution in [0.3, 0.4) is 0 Å². The summed E-state index contributed by atoms with van der Waals surface area (Å²) in [5.74, 6) is -1.40. The van der Waals surface area contributed by atoms with E-state index in [-0.39, 0.29) is 11.6 Å². The second kappa shape index (κ2) is 8.06. The van der Waals surface area contributed by atoms with Crippen LogP contribution < -0.4 is 5.32 Å². The van der Waals surface area contributed by atoms with Crippen LogP contribution in [-0.4, -0.2) is 28.7 Å². The monoisotopic (exact) mass is 463 g/mol. The molecule has 1 aliphatic heterocycles. The van der Waals surface area contributed by atoms with E-state index >= 15 is 0 Å². The number of carbonyl (C=O) groups is 2. The van der Waals surface area contributed by atoms with Crippen LogP contribution in [0.25, 0.3) is 10.9 Å². The predicted molar refractivity (Wildman–Crippen MR) is 122 cm³/mol. The molecule has 2 atom stereocenters. The summed E-state index contributed by atoms with van der Waals surface area (Å²) in [7, 11) is 1.66. The van der Waals surface area contributed by atoms with Gasteiger partial charge < -0.3 is 15.2 Å². The Balaban J connectivity index is 1.58. The van der Waals surface area contributed by atoms with Gasteiger partial charge in [0.25, 0.3) is 5.91 Å². The van der Waals surface area contributed by atoms with Gasteiger partial charge in [0.1, 0.15) is 0 Å². The molecule has 0 radical (unpaired) electrons. The number of halogens is 3. The third kappa shape index (κ3) is 3.61. The average Bonchev–Trinajstić information content (AvgIpc) is 3.24. The Hall–Kier alpha value is -4.07. The zero-order chi connectivity index (χ0) is 24.0. The molecule has 8 heteroatoms. The van der Waals surface area contributed by atoms with E-state index in [0.29, 0.717) is 11.1 Å². The zero-order valence-corrected chi connectivity index (χ0v) is 18.1. The first-order valence-electron chi connectivity index (χ1n) is 10.7. The number of rotatable bonds is 3. The van der Waals surface area contributed by atoms with Crippen LogP contribution in [0.15, 0.2) is 79.0 Å². The molecule has 1 aliphatic rings. The smallest absolute Gasteiger partial charge is 0.361 e. The van der Waals surface area contributed by atoms with Crippen LogP contribution in [0, 0.1) is 0 Å². The van der Waals surface area contributed by atoms with Gasteiger partial charge in [0, 0.05) is 41.0 Å². The summed E-state index contributed by atoms with van der Waals surface area (Å²) < 4.78 is 38.8. The first kappa shape index (κ1) is 21.8. The van der Waals surface area contributed by atoms with Crippen molar-refractivity contribution < 1.29 is 22.8 Å². The maximum atomic E-state index is 13.6. The van der Waals surface area contributed by atoms with Gasteiger partial charge in [0.2, 0.25) is 5.91 Å². The number of hydrogen-bond acceptors (Lipinski definition) is 2. The fourth-order valence-electron chi connectivity index (χ4n) is 4.65. The predicted octanol–water partition coefficient (Wildman–Crippen LogP) is 5.74. The van der Waals surface area contributed by atoms with Crippen molar-refractivity contribution in [2.24, 2.45) is 0 Å². The fourth-order valence-corrected chi connectivity index (χ4v) is 4.65. The molecule has 0 unspecified atom stereocenters. The Labute approximate surface area is 193 Å². The van der Waals surface area contributed by atoms with Gasteiger partial charge in [-0.25, -0.2) is 0 Å². The number of alkyl halides is 3. The van der Waals surface area contributed by atoms with Gasteiger partial charge in [-0.1, -0.05) is 36.4 Å². The number of H-pyrrole nitrogens is 1. The van der Waals surface area contributed by atoms with Crippen molar-refractivity contribution in [2.75, 3.05) is 12.4 Å². The minimum atomic E-state index is -4.46. The molecule has 1 aromatic heterocycles. The highest BCUT2D eigenvalue weighted by Gasteiger charge is 2.43. The molecule has 2 heterocycles. The maximum Gasteiger partial charge on any atom is 0.416 e. The van der Waals surface area contributed by atoms with E-state index < -0.39 is 29.6 Å². The zero-order valence-electron chi connectivity index (χ0n) is 18.1. The number of nitrogens with zero attached hydrogens (tertiary/aromatic N) is 1. The van der Waals surface area contributed by atoms with Gasteiger partial charge in [-0.2, -0.15) is 13.2 Å². The Kier molecular flexibility index (Phi) is 5.16. The minimum absolute atomic E-state index is 0.204. The standard InChI is InChI=1S/C26H20F3N3O2/c1-32-23(20-14-30-21-9-5-4-6-17(20)21)22(18-7-2-3-8-19(18)25(32)34)24(33)31-16-12-10-15(11-13-16)26(27,28)29/h2-14,22-23,30H,1H3,(H,31,33)/t22-,23+/m0/s1. The molecular weight excluding hydrogens is 443 g/mol. The molecule has 3 aromatic carbocycles. The number of para-hydroxylation sites is 1. The highest BCUT2D eigenvalue weighted by atomic mass is 19.4. The quantitative estimate of drug-likeness (QED) is 0.407. The third-order valence-corrected chi connectivity index (χ3v) is 6.28. The molecule has 0 aliphatic carbocycles.